The van der Waals surface area contributed by atoms with Crippen molar-refractivity contribution in [3.63, 3.8) is 0 Å². The number of carbonyl (C=O) groups excluding carboxylic acids is 1. The van der Waals surface area contributed by atoms with E-state index in [4.69, 9.17) is 4.98 Å². The molecule has 3 nitrogen and oxygen atoms in total. The van der Waals surface area contributed by atoms with Gasteiger partial charge in [0.05, 0.1) is 5.69 Å². The Balaban J connectivity index is 1.51. The second-order valence-corrected chi connectivity index (χ2v) is 10.6. The summed E-state index contributed by atoms with van der Waals surface area (Å²) < 4.78 is 0. The average molecular weight is 383 g/mol. The van der Waals surface area contributed by atoms with E-state index in [0.717, 1.165) is 43.8 Å². The van der Waals surface area contributed by atoms with Crippen LogP contribution in [0.1, 0.15) is 62.9 Å². The molecular formula is C23H30N2OS. The number of anilines is 1. The molecule has 0 amide bonds. The number of nitrogens with zero attached hydrogens (tertiary/aromatic N) is 1. The number of nitrogens with one attached hydrogen (secondary N) is 1. The van der Waals surface area contributed by atoms with Gasteiger partial charge in [-0.25, -0.2) is 4.98 Å². The maximum Gasteiger partial charge on any atom is 0.183 e. The predicted octanol–water partition coefficient (Wildman–Crippen LogP) is 5.49. The van der Waals surface area contributed by atoms with Gasteiger partial charge in [0, 0.05) is 23.3 Å². The van der Waals surface area contributed by atoms with Crippen LogP contribution in [0.25, 0.3) is 5.57 Å². The van der Waals surface area contributed by atoms with E-state index in [2.05, 4.69) is 31.8 Å². The summed E-state index contributed by atoms with van der Waals surface area (Å²) in [5.41, 5.74) is 2.95. The normalized spacial score (nSPS) is 39.7. The highest BCUT2D eigenvalue weighted by Crippen LogP contribution is 2.65. The summed E-state index contributed by atoms with van der Waals surface area (Å²) in [4.78, 5) is 19.0. The van der Waals surface area contributed by atoms with E-state index in [1.54, 1.807) is 0 Å². The van der Waals surface area contributed by atoms with Crippen molar-refractivity contribution in [1.29, 1.82) is 0 Å². The fourth-order valence-corrected chi connectivity index (χ4v) is 7.87. The number of aryl methyl sites for hydroxylation is 1. The van der Waals surface area contributed by atoms with Crippen molar-refractivity contribution >= 4 is 27.8 Å². The van der Waals surface area contributed by atoms with Crippen LogP contribution in [0, 0.1) is 28.6 Å². The van der Waals surface area contributed by atoms with E-state index in [9.17, 15) is 4.79 Å². The van der Waals surface area contributed by atoms with Crippen molar-refractivity contribution in [2.24, 2.45) is 28.6 Å². The molecule has 0 bridgehead atoms. The smallest absolute Gasteiger partial charge is 0.183 e. The minimum absolute atomic E-state index is 0.0366. The lowest BCUT2D eigenvalue weighted by Crippen LogP contribution is -2.49. The molecule has 1 aromatic heterocycles. The largest absolute Gasteiger partial charge is 0.358 e. The third-order valence-corrected chi connectivity index (χ3v) is 9.47. The Morgan fingerprint density at radius 3 is 2.89 bits per heavy atom. The first-order valence-electron chi connectivity index (χ1n) is 10.6. The van der Waals surface area contributed by atoms with Crippen LogP contribution in [-0.2, 0) is 11.2 Å². The molecule has 2 saturated carbocycles. The van der Waals surface area contributed by atoms with Gasteiger partial charge in [-0.2, -0.15) is 0 Å². The first-order valence-corrected chi connectivity index (χ1v) is 11.4. The number of hydrogen-bond donors (Lipinski definition) is 1. The van der Waals surface area contributed by atoms with Gasteiger partial charge < -0.3 is 5.32 Å². The molecule has 0 saturated heterocycles. The molecule has 0 unspecified atom stereocenters. The molecule has 5 atom stereocenters. The molecule has 5 rings (SSSR count). The van der Waals surface area contributed by atoms with E-state index in [-0.39, 0.29) is 10.8 Å². The van der Waals surface area contributed by atoms with Crippen LogP contribution in [0.3, 0.4) is 0 Å². The Morgan fingerprint density at radius 2 is 2.07 bits per heavy atom. The zero-order chi connectivity index (χ0) is 18.8. The number of aromatic nitrogens is 1. The summed E-state index contributed by atoms with van der Waals surface area (Å²) >= 11 is 1.82. The SMILES string of the molecule is C=CCNc1nc2c(s1)CC[C@@]1(C)C2=CC[C@@H]2[C@@H]1CC[C@]1(C)C(=O)CC[C@@H]21. The van der Waals surface area contributed by atoms with Crippen molar-refractivity contribution in [1.82, 2.24) is 4.98 Å². The molecule has 4 aliphatic rings. The third-order valence-electron chi connectivity index (χ3n) is 8.40. The molecular weight excluding hydrogens is 352 g/mol. The van der Waals surface area contributed by atoms with Gasteiger partial charge in [-0.05, 0) is 67.3 Å². The van der Waals surface area contributed by atoms with Gasteiger partial charge in [0.25, 0.3) is 0 Å². The van der Waals surface area contributed by atoms with E-state index in [0.29, 0.717) is 23.5 Å². The number of thiazole rings is 1. The minimum atomic E-state index is -0.0366. The van der Waals surface area contributed by atoms with Crippen LogP contribution in [0.5, 0.6) is 0 Å². The summed E-state index contributed by atoms with van der Waals surface area (Å²) in [5.74, 6) is 2.53. The third kappa shape index (κ3) is 2.38. The molecule has 4 aliphatic carbocycles. The number of carbonyl (C=O) groups is 1. The maximum atomic E-state index is 12.6. The van der Waals surface area contributed by atoms with Gasteiger partial charge in [0.2, 0.25) is 0 Å². The Bertz CT molecular complexity index is 839. The van der Waals surface area contributed by atoms with Gasteiger partial charge in [-0.1, -0.05) is 26.0 Å². The standard InChI is InChI=1S/C23H30N2OS/c1-4-13-24-21-25-20-17-6-5-14-15-7-8-19(26)23(15,3)11-9-16(14)22(17,2)12-10-18(20)27-21/h4,6,14-16H,1,5,7-13H2,2-3H3,(H,24,25)/t14-,15-,16-,22+,23-/m0/s1. The van der Waals surface area contributed by atoms with Crippen LogP contribution >= 0.6 is 11.3 Å². The lowest BCUT2D eigenvalue weighted by Gasteiger charge is -2.55. The van der Waals surface area contributed by atoms with Crippen molar-refractivity contribution in [3.05, 3.63) is 29.3 Å². The monoisotopic (exact) mass is 382 g/mol. The molecule has 1 heterocycles. The predicted molar refractivity (Wildman–Crippen MR) is 112 cm³/mol. The average Bonchev–Trinajstić information content (AvgIpc) is 3.20. The van der Waals surface area contributed by atoms with Crippen molar-refractivity contribution in [3.8, 4) is 0 Å². The summed E-state index contributed by atoms with van der Waals surface area (Å²) in [7, 11) is 0. The van der Waals surface area contributed by atoms with Crippen LogP contribution in [0.4, 0.5) is 5.13 Å². The number of fused-ring (bicyclic) bond motifs is 7. The first kappa shape index (κ1) is 17.7. The van der Waals surface area contributed by atoms with Crippen LogP contribution in [-0.4, -0.2) is 17.3 Å². The summed E-state index contributed by atoms with van der Waals surface area (Å²) in [5, 5.41) is 4.41. The van der Waals surface area contributed by atoms with E-state index in [1.807, 2.05) is 17.4 Å². The highest BCUT2D eigenvalue weighted by molar-refractivity contribution is 7.15. The Morgan fingerprint density at radius 1 is 1.26 bits per heavy atom. The molecule has 144 valence electrons. The molecule has 0 aliphatic heterocycles. The Kier molecular flexibility index (Phi) is 3.95. The second-order valence-electron chi connectivity index (χ2n) is 9.53. The quantitative estimate of drug-likeness (QED) is 0.703. The van der Waals surface area contributed by atoms with E-state index in [1.165, 1.54) is 29.0 Å². The number of hydrogen-bond acceptors (Lipinski definition) is 4. The second kappa shape index (κ2) is 6.04. The number of ketones is 1. The van der Waals surface area contributed by atoms with E-state index < -0.39 is 0 Å². The number of allylic oxidation sites excluding steroid dienone is 2. The van der Waals surface area contributed by atoms with Crippen molar-refractivity contribution in [2.75, 3.05) is 11.9 Å². The van der Waals surface area contributed by atoms with E-state index >= 15 is 0 Å². The summed E-state index contributed by atoms with van der Waals surface area (Å²) in [6.45, 7) is 9.32. The first-order chi connectivity index (χ1) is 13.0. The van der Waals surface area contributed by atoms with Crippen molar-refractivity contribution in [2.45, 2.75) is 58.8 Å². The molecule has 1 N–H and O–H groups in total. The fourth-order valence-electron chi connectivity index (χ4n) is 6.89. The molecule has 1 aromatic rings. The molecule has 27 heavy (non-hydrogen) atoms. The summed E-state index contributed by atoms with van der Waals surface area (Å²) in [6.07, 6.45) is 12.1. The molecule has 0 aromatic carbocycles. The molecule has 4 heteroatoms. The van der Waals surface area contributed by atoms with Crippen LogP contribution in [0.2, 0.25) is 0 Å². The zero-order valence-corrected chi connectivity index (χ0v) is 17.3. The topological polar surface area (TPSA) is 42.0 Å². The highest BCUT2D eigenvalue weighted by atomic mass is 32.1. The highest BCUT2D eigenvalue weighted by Gasteiger charge is 2.58. The lowest BCUT2D eigenvalue weighted by atomic mass is 9.48. The number of Topliss-reactive ketones (excluding diaryl/α,β-unsaturated/α-hetero) is 1. The molecule has 0 spiro atoms. The van der Waals surface area contributed by atoms with Gasteiger partial charge >= 0.3 is 0 Å². The van der Waals surface area contributed by atoms with Crippen molar-refractivity contribution < 1.29 is 4.79 Å². The van der Waals surface area contributed by atoms with Gasteiger partial charge in [-0.3, -0.25) is 4.79 Å². The number of rotatable bonds is 3. The van der Waals surface area contributed by atoms with Gasteiger partial charge in [0.15, 0.2) is 5.13 Å². The fraction of sp³-hybridized carbons (Fsp3) is 0.652. The zero-order valence-electron chi connectivity index (χ0n) is 16.5. The maximum absolute atomic E-state index is 12.6. The molecule has 2 fully saturated rings. The van der Waals surface area contributed by atoms with Crippen LogP contribution in [0.15, 0.2) is 18.7 Å². The summed E-state index contributed by atoms with van der Waals surface area (Å²) in [6, 6.07) is 0. The Labute approximate surface area is 166 Å². The van der Waals surface area contributed by atoms with Gasteiger partial charge in [-0.15, -0.1) is 17.9 Å². The van der Waals surface area contributed by atoms with Gasteiger partial charge in [0.1, 0.15) is 5.78 Å². The van der Waals surface area contributed by atoms with Crippen LogP contribution < -0.4 is 5.32 Å². The Hall–Kier alpha value is -1.42. The minimum Gasteiger partial charge on any atom is -0.358 e. The lowest BCUT2D eigenvalue weighted by molar-refractivity contribution is -0.131. The molecule has 0 radical (unpaired) electrons.